The summed E-state index contributed by atoms with van der Waals surface area (Å²) >= 11 is 0. The molecule has 2 atom stereocenters. The van der Waals surface area contributed by atoms with Crippen molar-refractivity contribution in [1.82, 2.24) is 30.6 Å². The zero-order valence-electron chi connectivity index (χ0n) is 88.5. The number of hydrogen-bond donors (Lipinski definition) is 4. The maximum atomic E-state index is 15.3. The number of H-pyrrole nitrogens is 1. The van der Waals surface area contributed by atoms with Crippen LogP contribution in [-0.2, 0) is 64.0 Å². The molecule has 0 saturated heterocycles. The Morgan fingerprint density at radius 1 is 0.371 bits per heavy atom. The first-order valence-corrected chi connectivity index (χ1v) is 56.0. The summed E-state index contributed by atoms with van der Waals surface area (Å²) in [4.78, 5) is 114. The number of unbranched alkanes of at least 4 members (excludes halogenated alkanes) is 48. The van der Waals surface area contributed by atoms with Gasteiger partial charge in [-0.15, -0.1) is 0 Å². The Labute approximate surface area is 854 Å². The molecule has 0 aliphatic carbocycles. The number of ether oxygens (including phenoxy) is 9. The highest BCUT2D eigenvalue weighted by Gasteiger charge is 2.43. The Morgan fingerprint density at radius 3 is 1.01 bits per heavy atom. The predicted octanol–water partition coefficient (Wildman–Crippen LogP) is 28.3. The van der Waals surface area contributed by atoms with Crippen molar-refractivity contribution in [2.24, 2.45) is 0 Å². The molecule has 0 saturated carbocycles. The van der Waals surface area contributed by atoms with Gasteiger partial charge in [0.05, 0.1) is 77.9 Å². The minimum Gasteiger partial charge on any atom is -0.490 e. The van der Waals surface area contributed by atoms with Crippen LogP contribution in [0.15, 0.2) is 89.9 Å². The van der Waals surface area contributed by atoms with Crippen LogP contribution in [0.2, 0.25) is 0 Å². The number of nitrogens with two attached hydrogens (primary N) is 1. The van der Waals surface area contributed by atoms with Gasteiger partial charge in [0.2, 0.25) is 11.9 Å². The molecule has 0 unspecified atom stereocenters. The highest BCUT2D eigenvalue weighted by molar-refractivity contribution is 6.00. The zero-order valence-corrected chi connectivity index (χ0v) is 88.5. The lowest BCUT2D eigenvalue weighted by molar-refractivity contribution is -0.170. The Balaban J connectivity index is 1.27. The van der Waals surface area contributed by atoms with Crippen molar-refractivity contribution in [1.29, 1.82) is 0 Å². The Kier molecular flexibility index (Phi) is 66.3. The van der Waals surface area contributed by atoms with E-state index in [4.69, 9.17) is 48.4 Å². The second kappa shape index (κ2) is 77.7. The van der Waals surface area contributed by atoms with E-state index < -0.39 is 78.8 Å². The van der Waals surface area contributed by atoms with Gasteiger partial charge in [-0.1, -0.05) is 368 Å². The summed E-state index contributed by atoms with van der Waals surface area (Å²) in [6.07, 6.45) is 58.1. The molecule has 4 aromatic carbocycles. The van der Waals surface area contributed by atoms with Crippen molar-refractivity contribution in [3.05, 3.63) is 123 Å². The van der Waals surface area contributed by atoms with Crippen LogP contribution < -0.4 is 55.2 Å². The van der Waals surface area contributed by atoms with Crippen molar-refractivity contribution < 1.29 is 84.6 Å². The predicted molar refractivity (Wildman–Crippen MR) is 567 cm³/mol. The molecule has 0 fully saturated rings. The van der Waals surface area contributed by atoms with Gasteiger partial charge in [-0.05, 0) is 129 Å². The maximum absolute atomic E-state index is 15.3. The van der Waals surface area contributed by atoms with Gasteiger partial charge in [-0.3, -0.25) is 38.7 Å². The van der Waals surface area contributed by atoms with Crippen molar-refractivity contribution in [2.45, 2.75) is 458 Å². The zero-order chi connectivity index (χ0) is 103. The highest BCUT2D eigenvalue weighted by Crippen LogP contribution is 2.35. The van der Waals surface area contributed by atoms with Gasteiger partial charge in [0, 0.05) is 43.4 Å². The van der Waals surface area contributed by atoms with Crippen LogP contribution in [0.3, 0.4) is 0 Å². The number of benzene rings is 4. The number of amides is 3. The number of anilines is 2. The number of carbonyl (C=O) groups excluding carboxylic acids is 6. The second-order valence-corrected chi connectivity index (χ2v) is 38.8. The molecule has 3 amide bonds. The fourth-order valence-electron chi connectivity index (χ4n) is 17.5. The van der Waals surface area contributed by atoms with Gasteiger partial charge < -0.3 is 59.0 Å². The standard InChI is InChI=1S/C116H181F3N8O16/c1-7-13-19-25-31-37-43-49-55-78-135-100-70-61-92(87-103(100)138-81-58-52-46-40-34-28-22-16-10-4)75-84-141-106(128)73-68-98(123-110(130)95-64-66-97(67-65-95)127(114(134)116(117,118)119)91-96-90-121-109-108(122-96)112(132)126-115(120)125-109)111(131)124-99(113(133)143-86-77-94-63-72-102(137-80-57-51-45-39-33-27-21-15-9-3)105(89-94)140-83-60-54-48-42-36-30-24-18-12-6)69-74-107(129)142-85-76-93-62-71-101(136-79-56-50-44-38-32-26-20-14-8-2)104(88-93)139-82-59-53-47-41-35-29-23-17-11-5/h61-67,70-72,87-90,98-99H,7-60,68-69,73-86,91H2,1-6H3,(H,123,130)(H,124,131)(H3,120,121,125,126,132)/t98-,99-/m0/s1. The van der Waals surface area contributed by atoms with Gasteiger partial charge in [-0.25, -0.2) is 14.8 Å². The molecule has 0 aliphatic rings. The fourth-order valence-corrected chi connectivity index (χ4v) is 17.5. The van der Waals surface area contributed by atoms with E-state index in [1.165, 1.54) is 231 Å². The van der Waals surface area contributed by atoms with E-state index in [0.29, 0.717) is 85.5 Å². The number of carbonyl (C=O) groups is 6. The molecule has 2 heterocycles. The Morgan fingerprint density at radius 2 is 0.678 bits per heavy atom. The molecule has 0 spiro atoms. The number of halogens is 3. The lowest BCUT2D eigenvalue weighted by Crippen LogP contribution is -2.52. The Hall–Kier alpha value is -9.69. The van der Waals surface area contributed by atoms with Gasteiger partial charge >= 0.3 is 30.0 Å². The van der Waals surface area contributed by atoms with Crippen molar-refractivity contribution in [2.75, 3.05) is 70.1 Å². The van der Waals surface area contributed by atoms with Gasteiger partial charge in [0.1, 0.15) is 12.1 Å². The van der Waals surface area contributed by atoms with E-state index in [-0.39, 0.29) is 79.6 Å². The molecular formula is C116H181F3N8O16. The van der Waals surface area contributed by atoms with E-state index in [1.54, 1.807) is 0 Å². The second-order valence-electron chi connectivity index (χ2n) is 38.8. The molecule has 0 bridgehead atoms. The van der Waals surface area contributed by atoms with E-state index in [9.17, 15) is 41.9 Å². The van der Waals surface area contributed by atoms with E-state index in [1.807, 2.05) is 54.6 Å². The summed E-state index contributed by atoms with van der Waals surface area (Å²) in [6.45, 7) is 15.3. The maximum Gasteiger partial charge on any atom is 0.471 e. The van der Waals surface area contributed by atoms with Crippen LogP contribution in [0.5, 0.6) is 34.5 Å². The van der Waals surface area contributed by atoms with Gasteiger partial charge in [0.25, 0.3) is 11.5 Å². The van der Waals surface area contributed by atoms with E-state index in [2.05, 4.69) is 72.1 Å². The van der Waals surface area contributed by atoms with Crippen molar-refractivity contribution in [3.8, 4) is 34.5 Å². The number of rotatable bonds is 89. The molecule has 143 heavy (non-hydrogen) atoms. The molecule has 27 heteroatoms. The molecule has 24 nitrogen and oxygen atoms in total. The first kappa shape index (κ1) is 122. The van der Waals surface area contributed by atoms with Crippen LogP contribution in [0, 0.1) is 0 Å². The summed E-state index contributed by atoms with van der Waals surface area (Å²) in [5.41, 5.74) is 5.99. The number of nitrogens with zero attached hydrogens (tertiary/aromatic N) is 4. The Bertz CT molecular complexity index is 4480. The SMILES string of the molecule is CCCCCCCCCCCOc1ccc(CCOC(=O)CC[C@H](NC(=O)c2ccc(N(Cc3cnc4nc(N)[nH]c(=O)c4n3)C(=O)C(F)(F)F)cc2)C(=O)N[C@@H](CCC(=O)OCCc2ccc(OCCCCCCCCCCC)c(OCCCCCCCCCCC)c2)C(=O)OCCc2ccc(OCCCCCCCCCCC)c(OCCCCCCCCCCC)c2)cc1OCCCCCCCCCCC. The summed E-state index contributed by atoms with van der Waals surface area (Å²) in [5.74, 6) is -3.13. The minimum absolute atomic E-state index is 0.0440. The molecule has 0 radical (unpaired) electrons. The quantitative estimate of drug-likeness (QED) is 0.0157. The number of hydrogen-bond acceptors (Lipinski definition) is 20. The number of fused-ring (bicyclic) bond motifs is 1. The van der Waals surface area contributed by atoms with E-state index in [0.717, 1.165) is 163 Å². The van der Waals surface area contributed by atoms with Crippen LogP contribution in [0.1, 0.15) is 447 Å². The average molecular weight is 2000 g/mol. The summed E-state index contributed by atoms with van der Waals surface area (Å²) in [7, 11) is 0. The third kappa shape index (κ3) is 54.9. The third-order valence-corrected chi connectivity index (χ3v) is 26.2. The van der Waals surface area contributed by atoms with Crippen molar-refractivity contribution in [3.63, 3.8) is 0 Å². The lowest BCUT2D eigenvalue weighted by Gasteiger charge is -2.24. The van der Waals surface area contributed by atoms with Crippen LogP contribution in [0.4, 0.5) is 24.8 Å². The number of esters is 3. The summed E-state index contributed by atoms with van der Waals surface area (Å²) in [6, 6.07) is 18.4. The minimum atomic E-state index is -5.42. The van der Waals surface area contributed by atoms with Gasteiger partial charge in [0.15, 0.2) is 45.7 Å². The first-order chi connectivity index (χ1) is 69.8. The van der Waals surface area contributed by atoms with Crippen LogP contribution in [0.25, 0.3) is 11.2 Å². The molecule has 5 N–H and O–H groups in total. The molecule has 6 aromatic rings. The number of aromatic amines is 1. The first-order valence-electron chi connectivity index (χ1n) is 56.0. The van der Waals surface area contributed by atoms with Crippen LogP contribution in [-0.4, -0.2) is 133 Å². The topological polar surface area (TPSA) is 310 Å². The number of nitrogen functional groups attached to an aromatic ring is 1. The number of nitrogens with one attached hydrogen (secondary N) is 3. The fraction of sp³-hybridized carbons (Fsp3) is 0.690. The van der Waals surface area contributed by atoms with Gasteiger partial charge in [-0.2, -0.15) is 18.2 Å². The lowest BCUT2D eigenvalue weighted by atomic mass is 10.1. The highest BCUT2D eigenvalue weighted by atomic mass is 19.4. The monoisotopic (exact) mass is 2000 g/mol. The molecule has 2 aromatic heterocycles. The third-order valence-electron chi connectivity index (χ3n) is 26.2. The molecule has 802 valence electrons. The summed E-state index contributed by atoms with van der Waals surface area (Å²) < 4.78 is 99.9. The van der Waals surface area contributed by atoms with Crippen LogP contribution >= 0.6 is 0 Å². The number of alkyl halides is 3. The smallest absolute Gasteiger partial charge is 0.471 e. The largest absolute Gasteiger partial charge is 0.490 e. The molecular weight excluding hydrogens is 1820 g/mol. The molecule has 6 rings (SSSR count). The average Bonchev–Trinajstić information content (AvgIpc) is 0.794. The number of aromatic nitrogens is 4. The van der Waals surface area contributed by atoms with Crippen molar-refractivity contribution >= 4 is 58.4 Å². The summed E-state index contributed by atoms with van der Waals surface area (Å²) in [5, 5.41) is 5.43. The normalized spacial score (nSPS) is 11.9. The van der Waals surface area contributed by atoms with E-state index >= 15 is 4.79 Å². The molecule has 0 aliphatic heterocycles.